The van der Waals surface area contributed by atoms with Crippen molar-refractivity contribution in [1.29, 1.82) is 0 Å². The number of carbonyl (C=O) groups excluding carboxylic acids is 1. The Morgan fingerprint density at radius 2 is 1.57 bits per heavy atom. The number of aliphatic hydroxyl groups is 1. The molecular weight excluding hydrogens is 372 g/mol. The predicted octanol–water partition coefficient (Wildman–Crippen LogP) is 5.82. The first-order chi connectivity index (χ1) is 14.6. The van der Waals surface area contributed by atoms with Crippen LogP contribution in [-0.2, 0) is 28.0 Å². The Hall–Kier alpha value is -3.33. The third-order valence-electron chi connectivity index (χ3n) is 5.76. The number of hydrogen-bond acceptors (Lipinski definition) is 3. The maximum atomic E-state index is 13.1. The van der Waals surface area contributed by atoms with Crippen LogP contribution in [0.15, 0.2) is 96.3 Å². The van der Waals surface area contributed by atoms with Gasteiger partial charge in [0.25, 0.3) is 0 Å². The Bertz CT molecular complexity index is 1050. The number of ether oxygens (including phenoxy) is 1. The van der Waals surface area contributed by atoms with E-state index in [-0.39, 0.29) is 12.2 Å². The third kappa shape index (κ3) is 4.30. The van der Waals surface area contributed by atoms with Crippen molar-refractivity contribution in [2.75, 3.05) is 0 Å². The third-order valence-corrected chi connectivity index (χ3v) is 5.76. The molecule has 1 aliphatic heterocycles. The smallest absolute Gasteiger partial charge is 0.338 e. The van der Waals surface area contributed by atoms with Crippen molar-refractivity contribution in [2.45, 2.75) is 38.2 Å². The van der Waals surface area contributed by atoms with Gasteiger partial charge in [0.1, 0.15) is 11.4 Å². The summed E-state index contributed by atoms with van der Waals surface area (Å²) in [5.74, 6) is -0.304. The van der Waals surface area contributed by atoms with Crippen LogP contribution >= 0.6 is 0 Å². The fraction of sp³-hybridized carbons (Fsp3) is 0.222. The van der Waals surface area contributed by atoms with Crippen molar-refractivity contribution in [3.8, 4) is 0 Å². The lowest BCUT2D eigenvalue weighted by atomic mass is 9.81. The number of rotatable bonds is 6. The molecule has 0 bridgehead atoms. The van der Waals surface area contributed by atoms with Gasteiger partial charge in [0, 0.05) is 12.8 Å². The van der Waals surface area contributed by atoms with Crippen LogP contribution in [0, 0.1) is 6.92 Å². The van der Waals surface area contributed by atoms with E-state index in [0.29, 0.717) is 18.4 Å². The van der Waals surface area contributed by atoms with Gasteiger partial charge in [-0.15, -0.1) is 0 Å². The first-order valence-electron chi connectivity index (χ1n) is 10.4. The molecule has 3 nitrogen and oxygen atoms in total. The minimum absolute atomic E-state index is 0.129. The van der Waals surface area contributed by atoms with Gasteiger partial charge in [0.05, 0.1) is 5.57 Å². The van der Waals surface area contributed by atoms with Gasteiger partial charge in [0.2, 0.25) is 0 Å². The molecule has 1 unspecified atom stereocenters. The summed E-state index contributed by atoms with van der Waals surface area (Å²) < 4.78 is 6.11. The van der Waals surface area contributed by atoms with E-state index in [2.05, 4.69) is 12.1 Å². The van der Waals surface area contributed by atoms with Gasteiger partial charge in [-0.3, -0.25) is 0 Å². The van der Waals surface area contributed by atoms with Crippen LogP contribution in [0.25, 0.3) is 0 Å². The molecule has 0 spiro atoms. The number of esters is 1. The monoisotopic (exact) mass is 398 g/mol. The average molecular weight is 399 g/mol. The van der Waals surface area contributed by atoms with E-state index >= 15 is 0 Å². The molecule has 3 aromatic carbocycles. The summed E-state index contributed by atoms with van der Waals surface area (Å²) >= 11 is 0. The second kappa shape index (κ2) is 8.58. The lowest BCUT2D eigenvalue weighted by molar-refractivity contribution is -0.161. The van der Waals surface area contributed by atoms with Crippen LogP contribution in [0.1, 0.15) is 35.1 Å². The second-order valence-electron chi connectivity index (χ2n) is 8.00. The Labute approximate surface area is 177 Å². The largest absolute Gasteiger partial charge is 0.512 e. The number of aryl methyl sites for hydroxylation is 2. The van der Waals surface area contributed by atoms with Gasteiger partial charge in [-0.05, 0) is 36.5 Å². The van der Waals surface area contributed by atoms with E-state index in [9.17, 15) is 9.90 Å². The number of cyclic esters (lactones) is 1. The number of carbonyl (C=O) groups is 1. The van der Waals surface area contributed by atoms with Crippen molar-refractivity contribution >= 4 is 5.97 Å². The van der Waals surface area contributed by atoms with Crippen LogP contribution in [0.4, 0.5) is 0 Å². The Morgan fingerprint density at radius 3 is 2.23 bits per heavy atom. The number of hydrogen-bond donors (Lipinski definition) is 1. The summed E-state index contributed by atoms with van der Waals surface area (Å²) in [6, 6.07) is 27.9. The Morgan fingerprint density at radius 1 is 0.900 bits per heavy atom. The fourth-order valence-corrected chi connectivity index (χ4v) is 4.15. The molecule has 30 heavy (non-hydrogen) atoms. The normalized spacial score (nSPS) is 18.9. The molecule has 0 aliphatic carbocycles. The molecule has 3 aromatic rings. The summed E-state index contributed by atoms with van der Waals surface area (Å²) in [6.07, 6.45) is 2.02. The highest BCUT2D eigenvalue weighted by Crippen LogP contribution is 2.41. The van der Waals surface area contributed by atoms with Gasteiger partial charge in [-0.1, -0.05) is 90.5 Å². The highest BCUT2D eigenvalue weighted by atomic mass is 16.6. The zero-order chi connectivity index (χ0) is 21.0. The van der Waals surface area contributed by atoms with Crippen molar-refractivity contribution in [2.24, 2.45) is 0 Å². The molecule has 1 N–H and O–H groups in total. The molecule has 152 valence electrons. The molecule has 0 radical (unpaired) electrons. The van der Waals surface area contributed by atoms with Gasteiger partial charge in [-0.25, -0.2) is 4.79 Å². The van der Waals surface area contributed by atoms with Crippen LogP contribution in [0.5, 0.6) is 0 Å². The molecule has 0 amide bonds. The van der Waals surface area contributed by atoms with E-state index in [1.807, 2.05) is 79.7 Å². The van der Waals surface area contributed by atoms with E-state index in [1.165, 1.54) is 5.56 Å². The van der Waals surface area contributed by atoms with Crippen molar-refractivity contribution in [1.82, 2.24) is 0 Å². The maximum absolute atomic E-state index is 13.1. The first-order valence-corrected chi connectivity index (χ1v) is 10.4. The summed E-state index contributed by atoms with van der Waals surface area (Å²) in [5, 5.41) is 10.9. The summed E-state index contributed by atoms with van der Waals surface area (Å²) in [4.78, 5) is 13.1. The molecular formula is C27H26O3. The van der Waals surface area contributed by atoms with Gasteiger partial charge in [-0.2, -0.15) is 0 Å². The zero-order valence-corrected chi connectivity index (χ0v) is 17.2. The first kappa shape index (κ1) is 20.0. The summed E-state index contributed by atoms with van der Waals surface area (Å²) in [5.41, 5.74) is 3.69. The molecule has 3 heteroatoms. The molecule has 1 aliphatic rings. The van der Waals surface area contributed by atoms with Crippen molar-refractivity contribution in [3.05, 3.63) is 119 Å². The highest BCUT2D eigenvalue weighted by Gasteiger charge is 2.43. The molecule has 0 fully saturated rings. The quantitative estimate of drug-likeness (QED) is 0.532. The summed E-state index contributed by atoms with van der Waals surface area (Å²) in [7, 11) is 0. The lowest BCUT2D eigenvalue weighted by Crippen LogP contribution is -2.38. The Kier molecular flexibility index (Phi) is 5.71. The second-order valence-corrected chi connectivity index (χ2v) is 8.00. The number of aliphatic hydroxyl groups excluding tert-OH is 1. The minimum atomic E-state index is -0.867. The van der Waals surface area contributed by atoms with Crippen LogP contribution in [0.3, 0.4) is 0 Å². The molecule has 0 saturated heterocycles. The van der Waals surface area contributed by atoms with Gasteiger partial charge >= 0.3 is 5.97 Å². The van der Waals surface area contributed by atoms with Crippen molar-refractivity contribution < 1.29 is 14.6 Å². The SMILES string of the molecule is Cc1cccc(CC2=C(O)CC(CCc3ccccc3)(c3ccccc3)OC2=O)c1. The summed E-state index contributed by atoms with van der Waals surface area (Å²) in [6.45, 7) is 2.01. The topological polar surface area (TPSA) is 46.5 Å². The van der Waals surface area contributed by atoms with Crippen LogP contribution < -0.4 is 0 Å². The molecule has 1 atom stereocenters. The highest BCUT2D eigenvalue weighted by molar-refractivity contribution is 5.91. The van der Waals surface area contributed by atoms with E-state index in [1.54, 1.807) is 0 Å². The maximum Gasteiger partial charge on any atom is 0.338 e. The number of benzene rings is 3. The zero-order valence-electron chi connectivity index (χ0n) is 17.2. The van der Waals surface area contributed by atoms with E-state index in [4.69, 9.17) is 4.74 Å². The standard InChI is InChI=1S/C27H26O3/c1-20-9-8-12-22(17-20)18-24-25(28)19-27(30-26(24)29,23-13-6-3-7-14-23)16-15-21-10-4-2-5-11-21/h2-14,17,28H,15-16,18-19H2,1H3. The van der Waals surface area contributed by atoms with Gasteiger partial charge in [0.15, 0.2) is 0 Å². The van der Waals surface area contributed by atoms with E-state index < -0.39 is 11.6 Å². The molecule has 0 saturated carbocycles. The van der Waals surface area contributed by atoms with Crippen LogP contribution in [-0.4, -0.2) is 11.1 Å². The van der Waals surface area contributed by atoms with Gasteiger partial charge < -0.3 is 9.84 Å². The Balaban J connectivity index is 1.64. The fourth-order valence-electron chi connectivity index (χ4n) is 4.15. The molecule has 0 aromatic heterocycles. The predicted molar refractivity (Wildman–Crippen MR) is 118 cm³/mol. The minimum Gasteiger partial charge on any atom is -0.512 e. The molecule has 1 heterocycles. The van der Waals surface area contributed by atoms with Crippen molar-refractivity contribution in [3.63, 3.8) is 0 Å². The lowest BCUT2D eigenvalue weighted by Gasteiger charge is -2.38. The molecule has 4 rings (SSSR count). The average Bonchev–Trinajstić information content (AvgIpc) is 2.76. The van der Waals surface area contributed by atoms with Crippen LogP contribution in [0.2, 0.25) is 0 Å². The van der Waals surface area contributed by atoms with E-state index in [0.717, 1.165) is 23.1 Å².